The van der Waals surface area contributed by atoms with Crippen molar-refractivity contribution in [2.24, 2.45) is 0 Å². The Labute approximate surface area is 134 Å². The fourth-order valence-electron chi connectivity index (χ4n) is 3.00. The van der Waals surface area contributed by atoms with E-state index in [2.05, 4.69) is 20.9 Å². The highest BCUT2D eigenvalue weighted by atomic mass is 16.3. The lowest BCUT2D eigenvalue weighted by Gasteiger charge is -2.31. The Morgan fingerprint density at radius 1 is 1.00 bits per heavy atom. The molecule has 23 heavy (non-hydrogen) atoms. The van der Waals surface area contributed by atoms with Crippen LogP contribution < -0.4 is 4.90 Å². The van der Waals surface area contributed by atoms with E-state index in [1.165, 1.54) is 0 Å². The molecule has 116 valence electrons. The van der Waals surface area contributed by atoms with Gasteiger partial charge in [0.2, 0.25) is 0 Å². The summed E-state index contributed by atoms with van der Waals surface area (Å²) in [6.07, 6.45) is 4.89. The predicted molar refractivity (Wildman–Crippen MR) is 90.2 cm³/mol. The molecule has 2 aromatic heterocycles. The highest BCUT2D eigenvalue weighted by molar-refractivity contribution is 5.91. The molecule has 5 nitrogen and oxygen atoms in total. The van der Waals surface area contributed by atoms with Crippen molar-refractivity contribution in [3.05, 3.63) is 48.8 Å². The second-order valence-corrected chi connectivity index (χ2v) is 5.85. The SMILES string of the molecule is OC1CCN(c2nc(-c3cccnc3)nc3ccccc23)CC1. The Kier molecular flexibility index (Phi) is 3.63. The molecular formula is C18H18N4O. The number of benzene rings is 1. The van der Waals surface area contributed by atoms with E-state index in [1.54, 1.807) is 12.4 Å². The Hall–Kier alpha value is -2.53. The van der Waals surface area contributed by atoms with E-state index < -0.39 is 0 Å². The number of aliphatic hydroxyl groups is 1. The van der Waals surface area contributed by atoms with Gasteiger partial charge in [-0.05, 0) is 37.1 Å². The number of aromatic nitrogens is 3. The number of piperidine rings is 1. The molecule has 0 aliphatic carbocycles. The molecule has 0 spiro atoms. The third-order valence-corrected chi connectivity index (χ3v) is 4.27. The maximum atomic E-state index is 9.75. The molecule has 1 N–H and O–H groups in total. The Balaban J connectivity index is 1.84. The van der Waals surface area contributed by atoms with Gasteiger partial charge in [0.1, 0.15) is 5.82 Å². The van der Waals surface area contributed by atoms with E-state index in [9.17, 15) is 5.11 Å². The highest BCUT2D eigenvalue weighted by Crippen LogP contribution is 2.29. The van der Waals surface area contributed by atoms with E-state index in [-0.39, 0.29) is 6.10 Å². The van der Waals surface area contributed by atoms with Gasteiger partial charge in [-0.1, -0.05) is 12.1 Å². The zero-order chi connectivity index (χ0) is 15.6. The number of aliphatic hydroxyl groups excluding tert-OH is 1. The first-order valence-corrected chi connectivity index (χ1v) is 7.91. The average Bonchev–Trinajstić information content (AvgIpc) is 2.62. The van der Waals surface area contributed by atoms with Gasteiger partial charge in [0.15, 0.2) is 5.82 Å². The lowest BCUT2D eigenvalue weighted by Crippen LogP contribution is -2.36. The third-order valence-electron chi connectivity index (χ3n) is 4.27. The molecule has 3 aromatic rings. The molecule has 3 heterocycles. The number of para-hydroxylation sites is 1. The minimum Gasteiger partial charge on any atom is -0.393 e. The van der Waals surface area contributed by atoms with E-state index in [4.69, 9.17) is 4.98 Å². The van der Waals surface area contributed by atoms with Crippen molar-refractivity contribution < 1.29 is 5.11 Å². The monoisotopic (exact) mass is 306 g/mol. The Morgan fingerprint density at radius 2 is 1.83 bits per heavy atom. The topological polar surface area (TPSA) is 62.1 Å². The number of hydrogen-bond acceptors (Lipinski definition) is 5. The van der Waals surface area contributed by atoms with Gasteiger partial charge in [0.25, 0.3) is 0 Å². The predicted octanol–water partition coefficient (Wildman–Crippen LogP) is 2.65. The standard InChI is InChI=1S/C18H18N4O/c23-14-7-10-22(11-8-14)18-15-5-1-2-6-16(15)20-17(21-18)13-4-3-9-19-12-13/h1-6,9,12,14,23H,7-8,10-11H2. The maximum absolute atomic E-state index is 9.75. The highest BCUT2D eigenvalue weighted by Gasteiger charge is 2.21. The Morgan fingerprint density at radius 3 is 2.61 bits per heavy atom. The van der Waals surface area contributed by atoms with Gasteiger partial charge in [-0.25, -0.2) is 9.97 Å². The third kappa shape index (κ3) is 2.75. The van der Waals surface area contributed by atoms with Gasteiger partial charge in [-0.3, -0.25) is 4.98 Å². The van der Waals surface area contributed by atoms with E-state index >= 15 is 0 Å². The smallest absolute Gasteiger partial charge is 0.163 e. The van der Waals surface area contributed by atoms with Crippen LogP contribution in [0.4, 0.5) is 5.82 Å². The molecule has 0 radical (unpaired) electrons. The van der Waals surface area contributed by atoms with Crippen molar-refractivity contribution in [1.82, 2.24) is 15.0 Å². The van der Waals surface area contributed by atoms with Crippen LogP contribution in [-0.2, 0) is 0 Å². The average molecular weight is 306 g/mol. The van der Waals surface area contributed by atoms with Crippen LogP contribution in [0.15, 0.2) is 48.8 Å². The molecule has 1 aliphatic rings. The lowest BCUT2D eigenvalue weighted by molar-refractivity contribution is 0.145. The summed E-state index contributed by atoms with van der Waals surface area (Å²) < 4.78 is 0. The molecule has 1 aromatic carbocycles. The molecule has 0 atom stereocenters. The van der Waals surface area contributed by atoms with Crippen LogP contribution in [0.5, 0.6) is 0 Å². The van der Waals surface area contributed by atoms with Crippen molar-refractivity contribution in [2.45, 2.75) is 18.9 Å². The van der Waals surface area contributed by atoms with Crippen molar-refractivity contribution in [1.29, 1.82) is 0 Å². The number of anilines is 1. The molecule has 0 unspecified atom stereocenters. The maximum Gasteiger partial charge on any atom is 0.163 e. The summed E-state index contributed by atoms with van der Waals surface area (Å²) in [5.41, 5.74) is 1.85. The van der Waals surface area contributed by atoms with Crippen molar-refractivity contribution in [2.75, 3.05) is 18.0 Å². The second-order valence-electron chi connectivity index (χ2n) is 5.85. The van der Waals surface area contributed by atoms with E-state index in [1.807, 2.05) is 30.3 Å². The molecule has 5 heteroatoms. The summed E-state index contributed by atoms with van der Waals surface area (Å²) in [5, 5.41) is 10.8. The molecule has 4 rings (SSSR count). The summed E-state index contributed by atoms with van der Waals surface area (Å²) in [5.74, 6) is 1.64. The van der Waals surface area contributed by atoms with Crippen molar-refractivity contribution >= 4 is 16.7 Å². The van der Waals surface area contributed by atoms with Gasteiger partial charge in [-0.2, -0.15) is 0 Å². The summed E-state index contributed by atoms with van der Waals surface area (Å²) in [4.78, 5) is 15.9. The van der Waals surface area contributed by atoms with Gasteiger partial charge in [0, 0.05) is 36.4 Å². The quantitative estimate of drug-likeness (QED) is 0.788. The van der Waals surface area contributed by atoms with Gasteiger partial charge < -0.3 is 10.0 Å². The largest absolute Gasteiger partial charge is 0.393 e. The number of fused-ring (bicyclic) bond motifs is 1. The number of hydrogen-bond donors (Lipinski definition) is 1. The zero-order valence-corrected chi connectivity index (χ0v) is 12.8. The minimum absolute atomic E-state index is 0.197. The van der Waals surface area contributed by atoms with E-state index in [0.29, 0.717) is 5.82 Å². The van der Waals surface area contributed by atoms with Crippen LogP contribution in [0.3, 0.4) is 0 Å². The second kappa shape index (κ2) is 5.93. The van der Waals surface area contributed by atoms with Crippen LogP contribution in [0.2, 0.25) is 0 Å². The van der Waals surface area contributed by atoms with Crippen LogP contribution in [0.25, 0.3) is 22.3 Å². The van der Waals surface area contributed by atoms with Crippen molar-refractivity contribution in [3.8, 4) is 11.4 Å². The van der Waals surface area contributed by atoms with Crippen LogP contribution in [0.1, 0.15) is 12.8 Å². The van der Waals surface area contributed by atoms with Crippen LogP contribution in [-0.4, -0.2) is 39.3 Å². The number of nitrogens with zero attached hydrogens (tertiary/aromatic N) is 4. The number of pyridine rings is 1. The fourth-order valence-corrected chi connectivity index (χ4v) is 3.00. The zero-order valence-electron chi connectivity index (χ0n) is 12.8. The lowest BCUT2D eigenvalue weighted by atomic mass is 10.1. The molecule has 0 saturated carbocycles. The van der Waals surface area contributed by atoms with Crippen LogP contribution >= 0.6 is 0 Å². The van der Waals surface area contributed by atoms with Gasteiger partial charge in [-0.15, -0.1) is 0 Å². The van der Waals surface area contributed by atoms with Crippen molar-refractivity contribution in [3.63, 3.8) is 0 Å². The van der Waals surface area contributed by atoms with Gasteiger partial charge in [0.05, 0.1) is 11.6 Å². The molecule has 1 saturated heterocycles. The van der Waals surface area contributed by atoms with Gasteiger partial charge >= 0.3 is 0 Å². The summed E-state index contributed by atoms with van der Waals surface area (Å²) in [6.45, 7) is 1.63. The molecule has 1 aliphatic heterocycles. The molecule has 1 fully saturated rings. The molecule has 0 amide bonds. The number of rotatable bonds is 2. The first-order valence-electron chi connectivity index (χ1n) is 7.91. The summed E-state index contributed by atoms with van der Waals surface area (Å²) in [6, 6.07) is 11.9. The fraction of sp³-hybridized carbons (Fsp3) is 0.278. The summed E-state index contributed by atoms with van der Waals surface area (Å²) >= 11 is 0. The van der Waals surface area contributed by atoms with E-state index in [0.717, 1.165) is 48.2 Å². The Bertz CT molecular complexity index is 814. The normalized spacial score (nSPS) is 16.0. The first kappa shape index (κ1) is 14.1. The first-order chi connectivity index (χ1) is 11.3. The molecule has 0 bridgehead atoms. The minimum atomic E-state index is -0.197. The molecular weight excluding hydrogens is 288 g/mol. The summed E-state index contributed by atoms with van der Waals surface area (Å²) in [7, 11) is 0. The van der Waals surface area contributed by atoms with Crippen LogP contribution in [0, 0.1) is 0 Å².